The SMILES string of the molecule is NC(CCNC(=O)C(F)F)c1ccccc1. The molecule has 0 aliphatic carbocycles. The molecule has 0 saturated heterocycles. The normalized spacial score (nSPS) is 12.5. The van der Waals surface area contributed by atoms with Gasteiger partial charge in [0.2, 0.25) is 0 Å². The largest absolute Gasteiger partial charge is 0.351 e. The molecule has 3 N–H and O–H groups in total. The zero-order chi connectivity index (χ0) is 12.0. The van der Waals surface area contributed by atoms with Crippen molar-refractivity contribution in [3.05, 3.63) is 35.9 Å². The van der Waals surface area contributed by atoms with Gasteiger partial charge in [0.05, 0.1) is 0 Å². The van der Waals surface area contributed by atoms with Crippen molar-refractivity contribution in [3.63, 3.8) is 0 Å². The van der Waals surface area contributed by atoms with Gasteiger partial charge in [0.15, 0.2) is 0 Å². The topological polar surface area (TPSA) is 55.1 Å². The number of hydrogen-bond acceptors (Lipinski definition) is 2. The van der Waals surface area contributed by atoms with Crippen LogP contribution in [0.25, 0.3) is 0 Å². The van der Waals surface area contributed by atoms with Gasteiger partial charge in [0.25, 0.3) is 5.91 Å². The van der Waals surface area contributed by atoms with Gasteiger partial charge < -0.3 is 11.1 Å². The third-order valence-corrected chi connectivity index (χ3v) is 2.18. The van der Waals surface area contributed by atoms with Gasteiger partial charge in [-0.2, -0.15) is 8.78 Å². The van der Waals surface area contributed by atoms with Gasteiger partial charge in [-0.1, -0.05) is 30.3 Å². The minimum Gasteiger partial charge on any atom is -0.351 e. The highest BCUT2D eigenvalue weighted by atomic mass is 19.3. The van der Waals surface area contributed by atoms with Gasteiger partial charge in [-0.05, 0) is 12.0 Å². The lowest BCUT2D eigenvalue weighted by atomic mass is 10.1. The predicted molar refractivity (Wildman–Crippen MR) is 57.0 cm³/mol. The van der Waals surface area contributed by atoms with Gasteiger partial charge in [-0.25, -0.2) is 0 Å². The Labute approximate surface area is 92.6 Å². The molecule has 0 bridgehead atoms. The number of amides is 1. The number of hydrogen-bond donors (Lipinski definition) is 2. The van der Waals surface area contributed by atoms with Crippen molar-refractivity contribution in [2.75, 3.05) is 6.54 Å². The van der Waals surface area contributed by atoms with Crippen LogP contribution in [0.4, 0.5) is 8.78 Å². The summed E-state index contributed by atoms with van der Waals surface area (Å²) in [7, 11) is 0. The van der Waals surface area contributed by atoms with Crippen molar-refractivity contribution in [1.29, 1.82) is 0 Å². The Kier molecular flexibility index (Phi) is 4.85. The fourth-order valence-corrected chi connectivity index (χ4v) is 1.29. The Morgan fingerprint density at radius 3 is 2.50 bits per heavy atom. The minimum atomic E-state index is -2.96. The molecule has 0 fully saturated rings. The van der Waals surface area contributed by atoms with E-state index in [0.717, 1.165) is 5.56 Å². The fraction of sp³-hybridized carbons (Fsp3) is 0.364. The second kappa shape index (κ2) is 6.17. The second-order valence-corrected chi connectivity index (χ2v) is 3.40. The summed E-state index contributed by atoms with van der Waals surface area (Å²) < 4.78 is 23.7. The van der Waals surface area contributed by atoms with E-state index < -0.39 is 12.3 Å². The van der Waals surface area contributed by atoms with Crippen molar-refractivity contribution in [1.82, 2.24) is 5.32 Å². The summed E-state index contributed by atoms with van der Waals surface area (Å²) >= 11 is 0. The maximum absolute atomic E-state index is 11.8. The number of alkyl halides is 2. The summed E-state index contributed by atoms with van der Waals surface area (Å²) in [5.41, 5.74) is 6.74. The van der Waals surface area contributed by atoms with Crippen LogP contribution in [0.3, 0.4) is 0 Å². The molecule has 16 heavy (non-hydrogen) atoms. The zero-order valence-electron chi connectivity index (χ0n) is 8.70. The molecule has 5 heteroatoms. The van der Waals surface area contributed by atoms with Crippen molar-refractivity contribution in [2.45, 2.75) is 18.9 Å². The van der Waals surface area contributed by atoms with Crippen LogP contribution in [0, 0.1) is 0 Å². The van der Waals surface area contributed by atoms with Crippen molar-refractivity contribution in [2.24, 2.45) is 5.73 Å². The molecule has 0 aliphatic heterocycles. The molecule has 0 aromatic heterocycles. The van der Waals surface area contributed by atoms with E-state index in [9.17, 15) is 13.6 Å². The molecule has 1 aromatic carbocycles. The maximum atomic E-state index is 11.8. The first-order valence-electron chi connectivity index (χ1n) is 4.97. The Bertz CT molecular complexity index is 330. The molecule has 3 nitrogen and oxygen atoms in total. The van der Waals surface area contributed by atoms with Crippen LogP contribution >= 0.6 is 0 Å². The van der Waals surface area contributed by atoms with Gasteiger partial charge in [0, 0.05) is 12.6 Å². The number of halogens is 2. The standard InChI is InChI=1S/C11H14F2N2O/c12-10(13)11(16)15-7-6-9(14)8-4-2-1-3-5-8/h1-5,9-10H,6-7,14H2,(H,15,16). The van der Waals surface area contributed by atoms with Crippen LogP contribution in [0.15, 0.2) is 30.3 Å². The molecule has 1 atom stereocenters. The van der Waals surface area contributed by atoms with Crippen molar-refractivity contribution < 1.29 is 13.6 Å². The van der Waals surface area contributed by atoms with Gasteiger partial charge in [-0.15, -0.1) is 0 Å². The average Bonchev–Trinajstić information content (AvgIpc) is 2.29. The van der Waals surface area contributed by atoms with E-state index in [-0.39, 0.29) is 12.6 Å². The molecule has 88 valence electrons. The number of carbonyl (C=O) groups is 1. The maximum Gasteiger partial charge on any atom is 0.315 e. The first-order valence-corrected chi connectivity index (χ1v) is 4.97. The van der Waals surface area contributed by atoms with E-state index in [1.807, 2.05) is 30.3 Å². The summed E-state index contributed by atoms with van der Waals surface area (Å²) in [5.74, 6) is -1.25. The zero-order valence-corrected chi connectivity index (χ0v) is 8.70. The average molecular weight is 228 g/mol. The number of nitrogens with one attached hydrogen (secondary N) is 1. The highest BCUT2D eigenvalue weighted by molar-refractivity contribution is 5.78. The molecular formula is C11H14F2N2O. The minimum absolute atomic E-state index is 0.152. The van der Waals surface area contributed by atoms with Crippen LogP contribution in [0.2, 0.25) is 0 Å². The second-order valence-electron chi connectivity index (χ2n) is 3.40. The Morgan fingerprint density at radius 2 is 1.94 bits per heavy atom. The van der Waals surface area contributed by atoms with Crippen LogP contribution in [0.5, 0.6) is 0 Å². The highest BCUT2D eigenvalue weighted by Gasteiger charge is 2.14. The number of nitrogens with two attached hydrogens (primary N) is 1. The Balaban J connectivity index is 2.31. The van der Waals surface area contributed by atoms with Gasteiger partial charge in [0.1, 0.15) is 0 Å². The van der Waals surface area contributed by atoms with E-state index in [1.54, 1.807) is 0 Å². The molecule has 0 spiro atoms. The monoisotopic (exact) mass is 228 g/mol. The number of rotatable bonds is 5. The predicted octanol–water partition coefficient (Wildman–Crippen LogP) is 1.46. The summed E-state index contributed by atoms with van der Waals surface area (Å²) in [6.45, 7) is 0.152. The molecule has 0 aliphatic rings. The lowest BCUT2D eigenvalue weighted by Crippen LogP contribution is -2.31. The first-order chi connectivity index (χ1) is 7.61. The van der Waals surface area contributed by atoms with E-state index in [4.69, 9.17) is 5.73 Å². The van der Waals surface area contributed by atoms with Crippen molar-refractivity contribution in [3.8, 4) is 0 Å². The molecular weight excluding hydrogens is 214 g/mol. The van der Waals surface area contributed by atoms with E-state index >= 15 is 0 Å². The molecule has 0 saturated carbocycles. The van der Waals surface area contributed by atoms with E-state index in [0.29, 0.717) is 6.42 Å². The molecule has 0 heterocycles. The van der Waals surface area contributed by atoms with Crippen LogP contribution in [-0.4, -0.2) is 18.9 Å². The third-order valence-electron chi connectivity index (χ3n) is 2.18. The van der Waals surface area contributed by atoms with E-state index in [1.165, 1.54) is 0 Å². The summed E-state index contributed by atoms with van der Waals surface area (Å²) in [5, 5.41) is 2.11. The Hall–Kier alpha value is -1.49. The quantitative estimate of drug-likeness (QED) is 0.801. The molecule has 1 aromatic rings. The van der Waals surface area contributed by atoms with Gasteiger partial charge >= 0.3 is 6.43 Å². The van der Waals surface area contributed by atoms with Crippen molar-refractivity contribution >= 4 is 5.91 Å². The summed E-state index contributed by atoms with van der Waals surface area (Å²) in [6.07, 6.45) is -2.53. The molecule has 1 amide bonds. The fourth-order valence-electron chi connectivity index (χ4n) is 1.29. The summed E-state index contributed by atoms with van der Waals surface area (Å²) in [4.78, 5) is 10.6. The number of carbonyl (C=O) groups excluding carboxylic acids is 1. The van der Waals surface area contributed by atoms with Crippen LogP contribution in [-0.2, 0) is 4.79 Å². The lowest BCUT2D eigenvalue weighted by molar-refractivity contribution is -0.131. The summed E-state index contributed by atoms with van der Waals surface area (Å²) in [6, 6.07) is 9.05. The van der Waals surface area contributed by atoms with Crippen LogP contribution in [0.1, 0.15) is 18.0 Å². The molecule has 1 rings (SSSR count). The number of benzene rings is 1. The third kappa shape index (κ3) is 3.94. The van der Waals surface area contributed by atoms with Crippen LogP contribution < -0.4 is 11.1 Å². The smallest absolute Gasteiger partial charge is 0.315 e. The molecule has 0 radical (unpaired) electrons. The highest BCUT2D eigenvalue weighted by Crippen LogP contribution is 2.12. The van der Waals surface area contributed by atoms with Gasteiger partial charge in [-0.3, -0.25) is 4.79 Å². The Morgan fingerprint density at radius 1 is 1.31 bits per heavy atom. The van der Waals surface area contributed by atoms with E-state index in [2.05, 4.69) is 5.32 Å². The lowest BCUT2D eigenvalue weighted by Gasteiger charge is -2.12. The first kappa shape index (κ1) is 12.6. The molecule has 1 unspecified atom stereocenters.